The van der Waals surface area contributed by atoms with E-state index in [1.54, 1.807) is 6.07 Å². The van der Waals surface area contributed by atoms with Crippen molar-refractivity contribution in [3.05, 3.63) is 102 Å². The number of aromatic hydroxyl groups is 1. The molecule has 1 N–H and O–H groups in total. The van der Waals surface area contributed by atoms with Gasteiger partial charge in [-0.2, -0.15) is 5.26 Å². The van der Waals surface area contributed by atoms with E-state index in [1.165, 1.54) is 0 Å². The third kappa shape index (κ3) is 4.40. The molecule has 0 radical (unpaired) electrons. The predicted octanol–water partition coefficient (Wildman–Crippen LogP) is 5.70. The van der Waals surface area contributed by atoms with Crippen molar-refractivity contribution in [1.82, 2.24) is 4.98 Å². The van der Waals surface area contributed by atoms with Gasteiger partial charge in [0.2, 0.25) is 0 Å². The van der Waals surface area contributed by atoms with Gasteiger partial charge >= 0.3 is 0 Å². The van der Waals surface area contributed by atoms with Crippen molar-refractivity contribution in [2.45, 2.75) is 6.61 Å². The monoisotopic (exact) mass is 394 g/mol. The van der Waals surface area contributed by atoms with Crippen LogP contribution in [0.4, 0.5) is 0 Å². The summed E-state index contributed by atoms with van der Waals surface area (Å²) >= 11 is 0. The minimum atomic E-state index is -0.263. The molecule has 0 fully saturated rings. The molecule has 0 saturated heterocycles. The van der Waals surface area contributed by atoms with Crippen LogP contribution >= 0.6 is 0 Å². The first kappa shape index (κ1) is 19.0. The van der Waals surface area contributed by atoms with Gasteiger partial charge in [0.05, 0.1) is 5.69 Å². The van der Waals surface area contributed by atoms with Gasteiger partial charge in [-0.1, -0.05) is 48.5 Å². The zero-order valence-corrected chi connectivity index (χ0v) is 16.0. The fourth-order valence-corrected chi connectivity index (χ4v) is 2.90. The van der Waals surface area contributed by atoms with E-state index < -0.39 is 0 Å². The highest BCUT2D eigenvalue weighted by molar-refractivity contribution is 5.65. The highest BCUT2D eigenvalue weighted by Gasteiger charge is 2.14. The molecule has 0 saturated carbocycles. The minimum absolute atomic E-state index is 0.0832. The molecule has 4 rings (SSSR count). The van der Waals surface area contributed by atoms with Gasteiger partial charge in [-0.3, -0.25) is 0 Å². The molecule has 0 atom stereocenters. The molecule has 1 aromatic heterocycles. The second-order valence-corrected chi connectivity index (χ2v) is 6.53. The summed E-state index contributed by atoms with van der Waals surface area (Å²) in [5, 5.41) is 19.7. The van der Waals surface area contributed by atoms with E-state index in [4.69, 9.17) is 9.47 Å². The predicted molar refractivity (Wildman–Crippen MR) is 113 cm³/mol. The summed E-state index contributed by atoms with van der Waals surface area (Å²) in [4.78, 5) is 4.26. The van der Waals surface area contributed by atoms with Gasteiger partial charge in [0, 0.05) is 11.6 Å². The van der Waals surface area contributed by atoms with Crippen LogP contribution in [0.1, 0.15) is 11.3 Å². The zero-order chi connectivity index (χ0) is 20.8. The van der Waals surface area contributed by atoms with Crippen molar-refractivity contribution in [2.24, 2.45) is 0 Å². The maximum atomic E-state index is 10.3. The lowest BCUT2D eigenvalue weighted by Gasteiger charge is -2.11. The summed E-state index contributed by atoms with van der Waals surface area (Å²) in [6.45, 7) is 0.270. The lowest BCUT2D eigenvalue weighted by atomic mass is 10.1. The molecule has 5 heteroatoms. The number of nitrogens with zero attached hydrogens (tertiary/aromatic N) is 2. The first-order chi connectivity index (χ1) is 14.7. The highest BCUT2D eigenvalue weighted by atomic mass is 16.5. The van der Waals surface area contributed by atoms with E-state index >= 15 is 0 Å². The largest absolute Gasteiger partial charge is 0.502 e. The number of aromatic nitrogens is 1. The molecular weight excluding hydrogens is 376 g/mol. The number of nitriles is 1. The van der Waals surface area contributed by atoms with Gasteiger partial charge in [0.15, 0.2) is 17.2 Å². The Hall–Kier alpha value is -4.30. The zero-order valence-electron chi connectivity index (χ0n) is 16.0. The fraction of sp³-hybridized carbons (Fsp3) is 0.0400. The van der Waals surface area contributed by atoms with Gasteiger partial charge in [-0.05, 0) is 42.0 Å². The molecule has 1 heterocycles. The van der Waals surface area contributed by atoms with Crippen molar-refractivity contribution < 1.29 is 14.6 Å². The molecule has 4 aromatic rings. The topological polar surface area (TPSA) is 75.4 Å². The SMILES string of the molecule is N#Cc1nc(-c2ccc(Oc3ccccc3)cc2)cc(OCc2ccccc2)c1O. The van der Waals surface area contributed by atoms with Crippen LogP contribution in [0.3, 0.4) is 0 Å². The molecule has 0 spiro atoms. The first-order valence-corrected chi connectivity index (χ1v) is 9.37. The minimum Gasteiger partial charge on any atom is -0.502 e. The molecule has 0 amide bonds. The normalized spacial score (nSPS) is 10.2. The Morgan fingerprint density at radius 1 is 0.833 bits per heavy atom. The Morgan fingerprint density at radius 2 is 1.47 bits per heavy atom. The molecule has 146 valence electrons. The van der Waals surface area contributed by atoms with Crippen molar-refractivity contribution in [2.75, 3.05) is 0 Å². The standard InChI is InChI=1S/C25H18N2O3/c26-16-23-25(28)24(29-17-18-7-3-1-4-8-18)15-22(27-23)19-11-13-21(14-12-19)30-20-9-5-2-6-10-20/h1-15,28H,17H2. The van der Waals surface area contributed by atoms with Crippen molar-refractivity contribution in [1.29, 1.82) is 5.26 Å². The van der Waals surface area contributed by atoms with Crippen LogP contribution in [0, 0.1) is 11.3 Å². The van der Waals surface area contributed by atoms with Crippen molar-refractivity contribution in [3.8, 4) is 40.3 Å². The van der Waals surface area contributed by atoms with E-state index in [-0.39, 0.29) is 23.8 Å². The van der Waals surface area contributed by atoms with Gasteiger partial charge < -0.3 is 14.6 Å². The third-order valence-corrected chi connectivity index (χ3v) is 4.43. The van der Waals surface area contributed by atoms with E-state index in [0.717, 1.165) is 16.9 Å². The molecular formula is C25H18N2O3. The van der Waals surface area contributed by atoms with Crippen molar-refractivity contribution in [3.63, 3.8) is 0 Å². The summed E-state index contributed by atoms with van der Waals surface area (Å²) < 4.78 is 11.6. The average molecular weight is 394 g/mol. The summed E-state index contributed by atoms with van der Waals surface area (Å²) in [6.07, 6.45) is 0. The molecule has 5 nitrogen and oxygen atoms in total. The number of benzene rings is 3. The van der Waals surface area contributed by atoms with E-state index in [1.807, 2.05) is 91.0 Å². The van der Waals surface area contributed by atoms with Crippen LogP contribution in [0.25, 0.3) is 11.3 Å². The van der Waals surface area contributed by atoms with Gasteiger partial charge in [-0.25, -0.2) is 4.98 Å². The summed E-state index contributed by atoms with van der Waals surface area (Å²) in [5.74, 6) is 1.38. The van der Waals surface area contributed by atoms with Gasteiger partial charge in [0.25, 0.3) is 0 Å². The Kier molecular flexibility index (Phi) is 5.59. The van der Waals surface area contributed by atoms with Gasteiger partial charge in [0.1, 0.15) is 24.2 Å². The Labute approximate surface area is 174 Å². The van der Waals surface area contributed by atoms with Crippen LogP contribution in [-0.2, 0) is 6.61 Å². The Bertz CT molecular complexity index is 1170. The molecule has 0 aliphatic rings. The van der Waals surface area contributed by atoms with Crippen LogP contribution in [0.15, 0.2) is 91.0 Å². The molecule has 3 aromatic carbocycles. The third-order valence-electron chi connectivity index (χ3n) is 4.43. The van der Waals surface area contributed by atoms with Crippen molar-refractivity contribution >= 4 is 0 Å². The number of rotatable bonds is 6. The summed E-state index contributed by atoms with van der Waals surface area (Å²) in [6, 6.07) is 30.0. The molecule has 0 unspecified atom stereocenters. The van der Waals surface area contributed by atoms with E-state index in [2.05, 4.69) is 4.98 Å². The molecule has 0 aliphatic carbocycles. The van der Waals surface area contributed by atoms with Crippen LogP contribution in [-0.4, -0.2) is 10.1 Å². The van der Waals surface area contributed by atoms with E-state index in [9.17, 15) is 10.4 Å². The maximum absolute atomic E-state index is 10.3. The Balaban J connectivity index is 1.58. The second kappa shape index (κ2) is 8.80. The average Bonchev–Trinajstić information content (AvgIpc) is 2.80. The second-order valence-electron chi connectivity index (χ2n) is 6.53. The highest BCUT2D eigenvalue weighted by Crippen LogP contribution is 2.34. The molecule has 0 bridgehead atoms. The number of hydrogen-bond acceptors (Lipinski definition) is 5. The lowest BCUT2D eigenvalue weighted by Crippen LogP contribution is -1.98. The summed E-state index contributed by atoms with van der Waals surface area (Å²) in [5.41, 5.74) is 2.17. The Morgan fingerprint density at radius 3 is 2.13 bits per heavy atom. The molecule has 0 aliphatic heterocycles. The first-order valence-electron chi connectivity index (χ1n) is 9.37. The van der Waals surface area contributed by atoms with Gasteiger partial charge in [-0.15, -0.1) is 0 Å². The molecule has 30 heavy (non-hydrogen) atoms. The number of para-hydroxylation sites is 1. The smallest absolute Gasteiger partial charge is 0.195 e. The van der Waals surface area contributed by atoms with E-state index in [0.29, 0.717) is 11.4 Å². The lowest BCUT2D eigenvalue weighted by molar-refractivity contribution is 0.288. The quantitative estimate of drug-likeness (QED) is 0.454. The number of hydrogen-bond donors (Lipinski definition) is 1. The summed E-state index contributed by atoms with van der Waals surface area (Å²) in [7, 11) is 0. The number of ether oxygens (including phenoxy) is 2. The number of pyridine rings is 1. The van der Waals surface area contributed by atoms with Crippen LogP contribution < -0.4 is 9.47 Å². The maximum Gasteiger partial charge on any atom is 0.195 e. The van der Waals surface area contributed by atoms with Crippen LogP contribution in [0.2, 0.25) is 0 Å². The van der Waals surface area contributed by atoms with Crippen LogP contribution in [0.5, 0.6) is 23.0 Å². The fourth-order valence-electron chi connectivity index (χ4n) is 2.90.